The molecule has 0 N–H and O–H groups in total. The highest BCUT2D eigenvalue weighted by molar-refractivity contribution is 9.09. The Labute approximate surface area is 119 Å². The van der Waals surface area contributed by atoms with Gasteiger partial charge in [-0.05, 0) is 37.5 Å². The molecule has 1 aromatic carbocycles. The van der Waals surface area contributed by atoms with Crippen LogP contribution < -0.4 is 0 Å². The molecule has 0 aliphatic carbocycles. The Bertz CT molecular complexity index is 315. The molecule has 0 aliphatic heterocycles. The van der Waals surface area contributed by atoms with Crippen LogP contribution in [-0.2, 0) is 5.75 Å². The lowest BCUT2D eigenvalue weighted by Crippen LogP contribution is -2.05. The summed E-state index contributed by atoms with van der Waals surface area (Å²) in [5.41, 5.74) is 4.23. The first-order chi connectivity index (χ1) is 8.15. The van der Waals surface area contributed by atoms with E-state index in [0.717, 1.165) is 17.0 Å². The van der Waals surface area contributed by atoms with Gasteiger partial charge in [-0.1, -0.05) is 58.6 Å². The maximum absolute atomic E-state index is 3.61. The molecule has 0 aliphatic rings. The molecule has 1 atom stereocenters. The number of aryl methyl sites for hydroxylation is 2. The molecule has 0 radical (unpaired) electrons. The van der Waals surface area contributed by atoms with E-state index in [1.54, 1.807) is 0 Å². The molecule has 96 valence electrons. The molecule has 1 rings (SSSR count). The normalized spacial score (nSPS) is 12.7. The summed E-state index contributed by atoms with van der Waals surface area (Å²) in [6, 6.07) is 6.86. The van der Waals surface area contributed by atoms with Crippen molar-refractivity contribution < 1.29 is 0 Å². The first-order valence-corrected chi connectivity index (χ1v) is 8.64. The van der Waals surface area contributed by atoms with Crippen molar-refractivity contribution in [2.24, 2.45) is 5.92 Å². The molecule has 1 unspecified atom stereocenters. The Morgan fingerprint density at radius 1 is 1.18 bits per heavy atom. The molecule has 0 nitrogen and oxygen atoms in total. The molecule has 0 bridgehead atoms. The second-order valence-corrected chi connectivity index (χ2v) is 6.50. The van der Waals surface area contributed by atoms with Crippen molar-refractivity contribution in [3.05, 3.63) is 34.9 Å². The Morgan fingerprint density at radius 2 is 1.82 bits per heavy atom. The fraction of sp³-hybridized carbons (Fsp3) is 0.600. The van der Waals surface area contributed by atoms with Crippen LogP contribution in [0.2, 0.25) is 0 Å². The van der Waals surface area contributed by atoms with Crippen molar-refractivity contribution >= 4 is 27.7 Å². The third kappa shape index (κ3) is 5.96. The summed E-state index contributed by atoms with van der Waals surface area (Å²) >= 11 is 5.68. The van der Waals surface area contributed by atoms with Gasteiger partial charge in [-0.15, -0.1) is 0 Å². The number of thioether (sulfide) groups is 1. The second kappa shape index (κ2) is 8.20. The Balaban J connectivity index is 2.39. The molecule has 0 fully saturated rings. The second-order valence-electron chi connectivity index (χ2n) is 4.82. The number of benzene rings is 1. The summed E-state index contributed by atoms with van der Waals surface area (Å²) in [4.78, 5) is 0. The molecule has 0 spiro atoms. The van der Waals surface area contributed by atoms with Crippen molar-refractivity contribution in [2.75, 3.05) is 11.1 Å². The van der Waals surface area contributed by atoms with Crippen LogP contribution in [0.25, 0.3) is 0 Å². The molecule has 0 aromatic heterocycles. The minimum atomic E-state index is 0.830. The highest BCUT2D eigenvalue weighted by atomic mass is 79.9. The minimum Gasteiger partial charge on any atom is -0.157 e. The summed E-state index contributed by atoms with van der Waals surface area (Å²) in [6.45, 7) is 6.63. The summed E-state index contributed by atoms with van der Waals surface area (Å²) in [5.74, 6) is 3.25. The quantitative estimate of drug-likeness (QED) is 0.611. The first-order valence-electron chi connectivity index (χ1n) is 6.36. The van der Waals surface area contributed by atoms with Gasteiger partial charge in [-0.25, -0.2) is 0 Å². The third-order valence-corrected chi connectivity index (χ3v) is 4.98. The van der Waals surface area contributed by atoms with Gasteiger partial charge in [0.2, 0.25) is 0 Å². The molecular formula is C15H23BrS. The molecule has 0 heterocycles. The van der Waals surface area contributed by atoms with E-state index in [9.17, 15) is 0 Å². The lowest BCUT2D eigenvalue weighted by Gasteiger charge is -2.12. The third-order valence-electron chi connectivity index (χ3n) is 2.82. The van der Waals surface area contributed by atoms with E-state index in [1.807, 2.05) is 0 Å². The molecule has 0 amide bonds. The Kier molecular flexibility index (Phi) is 7.29. The van der Waals surface area contributed by atoms with E-state index in [-0.39, 0.29) is 0 Å². The van der Waals surface area contributed by atoms with Crippen molar-refractivity contribution in [1.82, 2.24) is 0 Å². The average Bonchev–Trinajstić information content (AvgIpc) is 2.26. The number of rotatable bonds is 7. The van der Waals surface area contributed by atoms with Crippen LogP contribution in [-0.4, -0.2) is 11.1 Å². The highest BCUT2D eigenvalue weighted by Gasteiger charge is 2.06. The van der Waals surface area contributed by atoms with Gasteiger partial charge in [0, 0.05) is 11.1 Å². The van der Waals surface area contributed by atoms with Gasteiger partial charge in [0.1, 0.15) is 0 Å². The molecule has 17 heavy (non-hydrogen) atoms. The van der Waals surface area contributed by atoms with E-state index >= 15 is 0 Å². The van der Waals surface area contributed by atoms with Crippen molar-refractivity contribution in [2.45, 2.75) is 39.4 Å². The largest absolute Gasteiger partial charge is 0.157 e. The number of hydrogen-bond acceptors (Lipinski definition) is 1. The minimum absolute atomic E-state index is 0.830. The zero-order valence-electron chi connectivity index (χ0n) is 11.1. The number of alkyl halides is 1. The summed E-state index contributed by atoms with van der Waals surface area (Å²) in [6.07, 6.45) is 2.63. The van der Waals surface area contributed by atoms with Crippen LogP contribution in [0.15, 0.2) is 18.2 Å². The monoisotopic (exact) mass is 314 g/mol. The maximum Gasteiger partial charge on any atom is 0.0184 e. The molecule has 1 aromatic rings. The van der Waals surface area contributed by atoms with Crippen LogP contribution in [0.3, 0.4) is 0 Å². The van der Waals surface area contributed by atoms with Gasteiger partial charge >= 0.3 is 0 Å². The average molecular weight is 315 g/mol. The predicted octanol–water partition coefficient (Wildman–Crippen LogP) is 5.35. The van der Waals surface area contributed by atoms with E-state index < -0.39 is 0 Å². The Hall–Kier alpha value is 0.0500. The van der Waals surface area contributed by atoms with Crippen molar-refractivity contribution in [3.8, 4) is 0 Å². The summed E-state index contributed by atoms with van der Waals surface area (Å²) in [5, 5.41) is 1.14. The van der Waals surface area contributed by atoms with E-state index in [1.165, 1.54) is 35.3 Å². The van der Waals surface area contributed by atoms with Gasteiger partial charge < -0.3 is 0 Å². The molecular weight excluding hydrogens is 292 g/mol. The fourth-order valence-electron chi connectivity index (χ4n) is 2.11. The van der Waals surface area contributed by atoms with Crippen LogP contribution >= 0.6 is 27.7 Å². The summed E-state index contributed by atoms with van der Waals surface area (Å²) in [7, 11) is 0. The van der Waals surface area contributed by atoms with Gasteiger partial charge in [0.25, 0.3) is 0 Å². The maximum atomic E-state index is 3.61. The van der Waals surface area contributed by atoms with Crippen molar-refractivity contribution in [1.29, 1.82) is 0 Å². The summed E-state index contributed by atoms with van der Waals surface area (Å²) < 4.78 is 0. The van der Waals surface area contributed by atoms with E-state index in [2.05, 4.69) is 66.7 Å². The molecule has 0 saturated carbocycles. The topological polar surface area (TPSA) is 0 Å². The first kappa shape index (κ1) is 15.1. The SMILES string of the molecule is CCCC(CBr)CSCc1cc(C)cc(C)c1. The highest BCUT2D eigenvalue weighted by Crippen LogP contribution is 2.21. The van der Waals surface area contributed by atoms with Crippen molar-refractivity contribution in [3.63, 3.8) is 0 Å². The van der Waals surface area contributed by atoms with Crippen LogP contribution in [0.5, 0.6) is 0 Å². The number of hydrogen-bond donors (Lipinski definition) is 0. The molecule has 2 heteroatoms. The van der Waals surface area contributed by atoms with E-state index in [0.29, 0.717) is 0 Å². The van der Waals surface area contributed by atoms with Crippen LogP contribution in [0.1, 0.15) is 36.5 Å². The smallest absolute Gasteiger partial charge is 0.0184 e. The van der Waals surface area contributed by atoms with Gasteiger partial charge in [0.15, 0.2) is 0 Å². The number of halogens is 1. The lowest BCUT2D eigenvalue weighted by atomic mass is 10.1. The van der Waals surface area contributed by atoms with Gasteiger partial charge in [-0.2, -0.15) is 11.8 Å². The zero-order chi connectivity index (χ0) is 12.7. The molecule has 0 saturated heterocycles. The van der Waals surface area contributed by atoms with Gasteiger partial charge in [0.05, 0.1) is 0 Å². The van der Waals surface area contributed by atoms with Gasteiger partial charge in [-0.3, -0.25) is 0 Å². The standard InChI is InChI=1S/C15H23BrS/c1-4-5-14(9-16)10-17-11-15-7-12(2)6-13(3)8-15/h6-8,14H,4-5,9-11H2,1-3H3. The predicted molar refractivity (Wildman–Crippen MR) is 84.3 cm³/mol. The zero-order valence-corrected chi connectivity index (χ0v) is 13.5. The van der Waals surface area contributed by atoms with Crippen LogP contribution in [0, 0.1) is 19.8 Å². The fourth-order valence-corrected chi connectivity index (χ4v) is 4.10. The lowest BCUT2D eigenvalue weighted by molar-refractivity contribution is 0.597. The van der Waals surface area contributed by atoms with E-state index in [4.69, 9.17) is 0 Å². The van der Waals surface area contributed by atoms with Crippen LogP contribution in [0.4, 0.5) is 0 Å². The Morgan fingerprint density at radius 3 is 2.35 bits per heavy atom.